The third-order valence-corrected chi connectivity index (χ3v) is 13.9. The van der Waals surface area contributed by atoms with Crippen molar-refractivity contribution < 1.29 is 4.42 Å². The zero-order valence-corrected chi connectivity index (χ0v) is 34.2. The standard InChI is InChI=1S/C54H21B9O/c55-44-41-42(47(58)50(61)49(60)46(41)57)48(59)54-43(44)40-39(45(56)51(62)52(63)53(40)64-54)30-20-28(31-15-11-26-9-7-22-3-1-5-24-13-17-33(31)37(26)35(22)24)19-29(21-30)32-16-12-27-10-8-23-4-2-6-25-14-18-34(32)38(27)36(23)25/h1-21H. The zero-order chi connectivity index (χ0) is 43.6. The van der Waals surface area contributed by atoms with Gasteiger partial charge >= 0.3 is 0 Å². The van der Waals surface area contributed by atoms with Crippen molar-refractivity contribution in [2.75, 3.05) is 0 Å². The molecule has 0 amide bonds. The maximum Gasteiger partial charge on any atom is 0.128 e. The molecule has 0 spiro atoms. The summed E-state index contributed by atoms with van der Waals surface area (Å²) < 4.78 is 6.61. The van der Waals surface area contributed by atoms with Crippen LogP contribution in [0.25, 0.3) is 131 Å². The lowest BCUT2D eigenvalue weighted by Crippen LogP contribution is -2.50. The Bertz CT molecular complexity index is 4050. The fourth-order valence-electron chi connectivity index (χ4n) is 10.8. The summed E-state index contributed by atoms with van der Waals surface area (Å²) in [6.45, 7) is 0. The predicted octanol–water partition coefficient (Wildman–Crippen LogP) is 4.68. The molecule has 0 bridgehead atoms. The monoisotopic (exact) mass is 784 g/mol. The molecule has 1 heterocycles. The minimum atomic E-state index is 0.100. The molecule has 1 aromatic heterocycles. The summed E-state index contributed by atoms with van der Waals surface area (Å²) in [7, 11) is 60.9. The van der Waals surface area contributed by atoms with Crippen LogP contribution in [0.3, 0.4) is 0 Å². The van der Waals surface area contributed by atoms with Gasteiger partial charge in [0.15, 0.2) is 0 Å². The summed E-state index contributed by atoms with van der Waals surface area (Å²) in [4.78, 5) is 0. The quantitative estimate of drug-likeness (QED) is 0.188. The maximum absolute atomic E-state index is 7.19. The van der Waals surface area contributed by atoms with E-state index in [-0.39, 0.29) is 60.3 Å². The van der Waals surface area contributed by atoms with E-state index in [9.17, 15) is 0 Å². The van der Waals surface area contributed by atoms with Crippen molar-refractivity contribution in [3.63, 3.8) is 0 Å². The first-order valence-corrected chi connectivity index (χ1v) is 20.9. The van der Waals surface area contributed by atoms with E-state index in [2.05, 4.69) is 127 Å². The summed E-state index contributed by atoms with van der Waals surface area (Å²) in [5.74, 6) is 0. The highest BCUT2D eigenvalue weighted by Gasteiger charge is 2.26. The molecule has 0 aliphatic carbocycles. The van der Waals surface area contributed by atoms with Crippen LogP contribution in [0.2, 0.25) is 0 Å². The van der Waals surface area contributed by atoms with Crippen LogP contribution in [-0.2, 0) is 0 Å². The van der Waals surface area contributed by atoms with E-state index in [1.54, 1.807) is 0 Å². The first-order chi connectivity index (χ1) is 31.0. The predicted molar refractivity (Wildman–Crippen MR) is 283 cm³/mol. The Labute approximate surface area is 380 Å². The number of fused-ring (bicyclic) bond motifs is 4. The molecule has 0 fully saturated rings. The molecule has 0 aliphatic rings. The first kappa shape index (κ1) is 37.9. The molecular weight excluding hydrogens is 762 g/mol. The largest absolute Gasteiger partial charge is 0.457 e. The molecule has 1 nitrogen and oxygen atoms in total. The Morgan fingerprint density at radius 3 is 1.16 bits per heavy atom. The van der Waals surface area contributed by atoms with Gasteiger partial charge in [0, 0.05) is 10.8 Å². The fraction of sp³-hybridized carbons (Fsp3) is 0. The lowest BCUT2D eigenvalue weighted by Gasteiger charge is -2.22. The summed E-state index contributed by atoms with van der Waals surface area (Å²) in [5.41, 5.74) is 7.30. The van der Waals surface area contributed by atoms with Gasteiger partial charge in [-0.1, -0.05) is 137 Å². The Kier molecular flexibility index (Phi) is 7.82. The smallest absolute Gasteiger partial charge is 0.128 e. The van der Waals surface area contributed by atoms with Crippen molar-refractivity contribution in [3.8, 4) is 33.4 Å². The lowest BCUT2D eigenvalue weighted by atomic mass is 9.61. The van der Waals surface area contributed by atoms with Gasteiger partial charge < -0.3 is 4.42 Å². The van der Waals surface area contributed by atoms with E-state index < -0.39 is 0 Å². The molecular formula is C54H21B9O. The summed E-state index contributed by atoms with van der Waals surface area (Å²) in [6, 6.07) is 45.9. The van der Waals surface area contributed by atoms with Crippen molar-refractivity contribution in [2.45, 2.75) is 0 Å². The second-order valence-electron chi connectivity index (χ2n) is 17.1. The molecule has 0 atom stereocenters. The van der Waals surface area contributed by atoms with E-state index in [1.165, 1.54) is 43.1 Å². The fourth-order valence-corrected chi connectivity index (χ4v) is 10.8. The summed E-state index contributed by atoms with van der Waals surface area (Å²) in [6.07, 6.45) is 0. The van der Waals surface area contributed by atoms with Crippen LogP contribution < -0.4 is 49.2 Å². The molecule has 12 aromatic carbocycles. The van der Waals surface area contributed by atoms with E-state index in [0.29, 0.717) is 27.1 Å². The SMILES string of the molecule is [B]c1c([B])c(-c2cc(-c3ccc4ccc5cccc6ccc3c4c56)cc(-c3ccc4ccc5cccc6ccc3c4c56)c2)c2c(oc3c([B])c4c([B])c([B])c([B])c([B])c4c([B])c32)c1[B]. The molecule has 64 heavy (non-hydrogen) atoms. The molecule has 13 rings (SSSR count). The average Bonchev–Trinajstić information content (AvgIpc) is 3.72. The molecule has 0 aliphatic heterocycles. The van der Waals surface area contributed by atoms with Gasteiger partial charge in [-0.05, 0) is 132 Å². The molecule has 18 radical (unpaired) electrons. The molecule has 0 saturated carbocycles. The normalized spacial score (nSPS) is 12.3. The van der Waals surface area contributed by atoms with Crippen LogP contribution in [0.5, 0.6) is 0 Å². The second kappa shape index (κ2) is 13.2. The van der Waals surface area contributed by atoms with E-state index >= 15 is 0 Å². The summed E-state index contributed by atoms with van der Waals surface area (Å²) in [5, 5.41) is 15.8. The second-order valence-corrected chi connectivity index (χ2v) is 17.1. The van der Waals surface area contributed by atoms with E-state index in [4.69, 9.17) is 75.0 Å². The number of hydrogen-bond acceptors (Lipinski definition) is 1. The molecule has 270 valence electrons. The van der Waals surface area contributed by atoms with E-state index in [1.807, 2.05) is 0 Å². The van der Waals surface area contributed by atoms with Gasteiger partial charge in [0.05, 0.1) is 0 Å². The minimum absolute atomic E-state index is 0.100. The van der Waals surface area contributed by atoms with Crippen molar-refractivity contribution in [1.29, 1.82) is 0 Å². The highest BCUT2D eigenvalue weighted by atomic mass is 16.3. The van der Waals surface area contributed by atoms with Gasteiger partial charge in [-0.2, -0.15) is 0 Å². The molecule has 0 unspecified atom stereocenters. The zero-order valence-electron chi connectivity index (χ0n) is 34.2. The molecule has 13 aromatic rings. The minimum Gasteiger partial charge on any atom is -0.457 e. The van der Waals surface area contributed by atoms with Crippen LogP contribution in [0.1, 0.15) is 0 Å². The third kappa shape index (κ3) is 4.87. The van der Waals surface area contributed by atoms with Crippen LogP contribution >= 0.6 is 0 Å². The van der Waals surface area contributed by atoms with Crippen LogP contribution in [-0.4, -0.2) is 70.6 Å². The van der Waals surface area contributed by atoms with Gasteiger partial charge in [0.2, 0.25) is 0 Å². The van der Waals surface area contributed by atoms with Gasteiger partial charge in [-0.3, -0.25) is 0 Å². The van der Waals surface area contributed by atoms with Gasteiger partial charge in [-0.15, -0.1) is 16.4 Å². The number of rotatable bonds is 3. The van der Waals surface area contributed by atoms with Crippen LogP contribution in [0.4, 0.5) is 0 Å². The molecule has 0 N–H and O–H groups in total. The highest BCUT2D eigenvalue weighted by molar-refractivity contribution is 6.72. The summed E-state index contributed by atoms with van der Waals surface area (Å²) >= 11 is 0. The number of furan rings is 1. The Morgan fingerprint density at radius 2 is 0.656 bits per heavy atom. The Balaban J connectivity index is 1.19. The molecule has 10 heteroatoms. The van der Waals surface area contributed by atoms with E-state index in [0.717, 1.165) is 49.4 Å². The van der Waals surface area contributed by atoms with Crippen LogP contribution in [0.15, 0.2) is 132 Å². The van der Waals surface area contributed by atoms with Gasteiger partial charge in [-0.25, -0.2) is 0 Å². The molecule has 0 saturated heterocycles. The van der Waals surface area contributed by atoms with Crippen molar-refractivity contribution in [2.24, 2.45) is 0 Å². The number of hydrogen-bond donors (Lipinski definition) is 0. The average molecular weight is 783 g/mol. The van der Waals surface area contributed by atoms with Crippen molar-refractivity contribution >= 4 is 217 Å². The number of benzene rings is 12. The third-order valence-electron chi connectivity index (χ3n) is 13.9. The van der Waals surface area contributed by atoms with Gasteiger partial charge in [0.25, 0.3) is 0 Å². The first-order valence-electron chi connectivity index (χ1n) is 20.9. The van der Waals surface area contributed by atoms with Crippen molar-refractivity contribution in [1.82, 2.24) is 0 Å². The highest BCUT2D eigenvalue weighted by Crippen LogP contribution is 2.45. The topological polar surface area (TPSA) is 13.1 Å². The van der Waals surface area contributed by atoms with Crippen molar-refractivity contribution in [3.05, 3.63) is 127 Å². The maximum atomic E-state index is 7.19. The Morgan fingerprint density at radius 1 is 0.266 bits per heavy atom. The lowest BCUT2D eigenvalue weighted by molar-refractivity contribution is 0.675. The van der Waals surface area contributed by atoms with Gasteiger partial charge in [0.1, 0.15) is 81.8 Å². The Hall–Kier alpha value is -6.64. The van der Waals surface area contributed by atoms with Crippen LogP contribution in [0, 0.1) is 0 Å².